The van der Waals surface area contributed by atoms with E-state index in [9.17, 15) is 9.59 Å². The van der Waals surface area contributed by atoms with E-state index in [-0.39, 0.29) is 19.0 Å². The van der Waals surface area contributed by atoms with Crippen LogP contribution in [-0.4, -0.2) is 23.9 Å². The van der Waals surface area contributed by atoms with Crippen molar-refractivity contribution in [2.45, 2.75) is 33.7 Å². The molecule has 1 aromatic heterocycles. The van der Waals surface area contributed by atoms with Gasteiger partial charge in [-0.15, -0.1) is 0 Å². The number of benzene rings is 1. The molecule has 0 N–H and O–H groups in total. The highest BCUT2D eigenvalue weighted by molar-refractivity contribution is 7.07. The molecule has 2 aromatic rings. The second-order valence-corrected chi connectivity index (χ2v) is 7.71. The largest absolute Gasteiger partial charge is 0.463 e. The zero-order valence-electron chi connectivity index (χ0n) is 16.1. The molecule has 0 bridgehead atoms. The molecule has 0 radical (unpaired) electrons. The Bertz CT molecular complexity index is 1180. The number of ether oxygens (including phenoxy) is 3. The predicted molar refractivity (Wildman–Crippen MR) is 104 cm³/mol. The van der Waals surface area contributed by atoms with Crippen molar-refractivity contribution >= 4 is 22.9 Å². The van der Waals surface area contributed by atoms with Gasteiger partial charge in [0, 0.05) is 0 Å². The molecule has 0 aliphatic carbocycles. The molecule has 8 heteroatoms. The molecular formula is C20H20N2O5S. The van der Waals surface area contributed by atoms with Crippen LogP contribution in [0.1, 0.15) is 39.3 Å². The third kappa shape index (κ3) is 2.84. The van der Waals surface area contributed by atoms with E-state index in [1.165, 1.54) is 11.3 Å². The van der Waals surface area contributed by atoms with Crippen LogP contribution in [0.4, 0.5) is 0 Å². The number of esters is 1. The molecule has 0 saturated heterocycles. The number of aromatic nitrogens is 1. The van der Waals surface area contributed by atoms with Crippen molar-refractivity contribution in [2.75, 3.05) is 13.4 Å². The molecule has 0 spiro atoms. The van der Waals surface area contributed by atoms with Gasteiger partial charge >= 0.3 is 5.97 Å². The topological polar surface area (TPSA) is 79.1 Å². The fourth-order valence-corrected chi connectivity index (χ4v) is 4.44. The average molecular weight is 400 g/mol. The molecule has 0 amide bonds. The fourth-order valence-electron chi connectivity index (χ4n) is 3.40. The minimum absolute atomic E-state index is 0.149. The Kier molecular flexibility index (Phi) is 4.58. The van der Waals surface area contributed by atoms with E-state index in [1.807, 2.05) is 19.9 Å². The molecule has 1 atom stereocenters. The number of allylic oxidation sites excluding steroid dienone is 1. The summed E-state index contributed by atoms with van der Waals surface area (Å²) in [4.78, 5) is 31.0. The molecule has 3 heterocycles. The Hall–Kier alpha value is -2.87. The summed E-state index contributed by atoms with van der Waals surface area (Å²) in [7, 11) is 0. The van der Waals surface area contributed by atoms with Crippen LogP contribution >= 0.6 is 11.3 Å². The minimum atomic E-state index is -0.641. The number of hydrogen-bond acceptors (Lipinski definition) is 7. The maximum Gasteiger partial charge on any atom is 0.338 e. The Morgan fingerprint density at radius 1 is 1.32 bits per heavy atom. The van der Waals surface area contributed by atoms with Crippen LogP contribution in [0, 0.1) is 0 Å². The molecule has 7 nitrogen and oxygen atoms in total. The van der Waals surface area contributed by atoms with Crippen LogP contribution in [0.25, 0.3) is 5.57 Å². The summed E-state index contributed by atoms with van der Waals surface area (Å²) in [5, 5.41) is 0. The Morgan fingerprint density at radius 2 is 2.07 bits per heavy atom. The monoisotopic (exact) mass is 400 g/mol. The van der Waals surface area contributed by atoms with Crippen LogP contribution in [0.2, 0.25) is 0 Å². The highest BCUT2D eigenvalue weighted by Gasteiger charge is 2.34. The first-order chi connectivity index (χ1) is 13.4. The number of nitrogens with zero attached hydrogens (tertiary/aromatic N) is 2. The summed E-state index contributed by atoms with van der Waals surface area (Å²) < 4.78 is 18.4. The highest BCUT2D eigenvalue weighted by Crippen LogP contribution is 2.38. The summed E-state index contributed by atoms with van der Waals surface area (Å²) in [5.74, 6) is 0.747. The lowest BCUT2D eigenvalue weighted by Gasteiger charge is -2.24. The summed E-state index contributed by atoms with van der Waals surface area (Å²) in [6.07, 6.45) is 0. The van der Waals surface area contributed by atoms with E-state index >= 15 is 0 Å². The second-order valence-electron chi connectivity index (χ2n) is 6.74. The Labute approximate surface area is 165 Å². The van der Waals surface area contributed by atoms with E-state index < -0.39 is 12.0 Å². The third-order valence-corrected chi connectivity index (χ3v) is 5.92. The zero-order chi connectivity index (χ0) is 20.0. The van der Waals surface area contributed by atoms with Crippen LogP contribution in [0.5, 0.6) is 11.5 Å². The van der Waals surface area contributed by atoms with Crippen LogP contribution in [-0.2, 0) is 9.53 Å². The predicted octanol–water partition coefficient (Wildman–Crippen LogP) is 1.89. The summed E-state index contributed by atoms with van der Waals surface area (Å²) in [6, 6.07) is 4.79. The third-order valence-electron chi connectivity index (χ3n) is 4.66. The van der Waals surface area contributed by atoms with E-state index in [4.69, 9.17) is 14.2 Å². The van der Waals surface area contributed by atoms with E-state index in [2.05, 4.69) is 4.99 Å². The molecule has 4 rings (SSSR count). The zero-order valence-corrected chi connectivity index (χ0v) is 16.9. The molecular weight excluding hydrogens is 380 g/mol. The number of rotatable bonds is 3. The molecule has 2 aliphatic heterocycles. The molecule has 0 unspecified atom stereocenters. The number of hydrogen-bond donors (Lipinski definition) is 0. The van der Waals surface area contributed by atoms with Gasteiger partial charge in [0.05, 0.1) is 28.5 Å². The maximum atomic E-state index is 13.2. The van der Waals surface area contributed by atoms with Crippen LogP contribution in [0.3, 0.4) is 0 Å². The van der Waals surface area contributed by atoms with Gasteiger partial charge in [-0.3, -0.25) is 9.36 Å². The molecule has 1 aromatic carbocycles. The van der Waals surface area contributed by atoms with Crippen molar-refractivity contribution in [2.24, 2.45) is 4.99 Å². The second kappa shape index (κ2) is 6.94. The number of carbonyl (C=O) groups is 1. The SMILES string of the molecule is CCOC(=O)C1=C(C)N=c2sc(=C(C)C)c(=O)n2[C@@H]1c1ccc2c(c1)OCO2. The quantitative estimate of drug-likeness (QED) is 0.735. The first kappa shape index (κ1) is 18.5. The Balaban J connectivity index is 2.00. The van der Waals surface area contributed by atoms with Gasteiger partial charge < -0.3 is 14.2 Å². The first-order valence-electron chi connectivity index (χ1n) is 8.97. The standard InChI is InChI=1S/C20H20N2O5S/c1-5-25-19(24)15-11(4)21-20-22(18(23)17(28-20)10(2)3)16(15)12-6-7-13-14(8-12)27-9-26-13/h6-8,16H,5,9H2,1-4H3/t16-/m1/s1. The van der Waals surface area contributed by atoms with Gasteiger partial charge in [0.2, 0.25) is 6.79 Å². The lowest BCUT2D eigenvalue weighted by atomic mass is 9.95. The van der Waals surface area contributed by atoms with Crippen molar-refractivity contribution in [3.8, 4) is 11.5 Å². The van der Waals surface area contributed by atoms with Gasteiger partial charge in [0.15, 0.2) is 16.3 Å². The molecule has 0 saturated carbocycles. The lowest BCUT2D eigenvalue weighted by Crippen LogP contribution is -2.40. The summed E-state index contributed by atoms with van der Waals surface area (Å²) >= 11 is 1.33. The van der Waals surface area contributed by atoms with Crippen molar-refractivity contribution in [1.29, 1.82) is 0 Å². The van der Waals surface area contributed by atoms with E-state index in [0.29, 0.717) is 32.1 Å². The van der Waals surface area contributed by atoms with Crippen LogP contribution in [0.15, 0.2) is 39.3 Å². The fraction of sp³-hybridized carbons (Fsp3) is 0.350. The van der Waals surface area contributed by atoms with E-state index in [1.54, 1.807) is 30.5 Å². The van der Waals surface area contributed by atoms with Gasteiger partial charge in [0.1, 0.15) is 0 Å². The normalized spacial score (nSPS) is 17.2. The minimum Gasteiger partial charge on any atom is -0.463 e. The van der Waals surface area contributed by atoms with Crippen molar-refractivity contribution in [3.63, 3.8) is 0 Å². The number of thiazole rings is 1. The lowest BCUT2D eigenvalue weighted by molar-refractivity contribution is -0.139. The van der Waals surface area contributed by atoms with Gasteiger partial charge in [-0.1, -0.05) is 23.0 Å². The molecule has 2 aliphatic rings. The van der Waals surface area contributed by atoms with E-state index in [0.717, 1.165) is 11.1 Å². The molecule has 28 heavy (non-hydrogen) atoms. The number of fused-ring (bicyclic) bond motifs is 2. The summed E-state index contributed by atoms with van der Waals surface area (Å²) in [6.45, 7) is 7.68. The number of carbonyl (C=O) groups excluding carboxylic acids is 1. The van der Waals surface area contributed by atoms with Crippen molar-refractivity contribution in [1.82, 2.24) is 4.57 Å². The van der Waals surface area contributed by atoms with Gasteiger partial charge in [-0.25, -0.2) is 9.79 Å². The molecule has 0 fully saturated rings. The molecule has 146 valence electrons. The smallest absolute Gasteiger partial charge is 0.338 e. The maximum absolute atomic E-state index is 13.2. The average Bonchev–Trinajstić information content (AvgIpc) is 3.24. The summed E-state index contributed by atoms with van der Waals surface area (Å²) in [5.41, 5.74) is 2.38. The highest BCUT2D eigenvalue weighted by atomic mass is 32.1. The van der Waals surface area contributed by atoms with Crippen molar-refractivity contribution < 1.29 is 19.0 Å². The van der Waals surface area contributed by atoms with Crippen LogP contribution < -0.4 is 24.4 Å². The van der Waals surface area contributed by atoms with Gasteiger partial charge in [-0.05, 0) is 45.4 Å². The van der Waals surface area contributed by atoms with Gasteiger partial charge in [-0.2, -0.15) is 0 Å². The van der Waals surface area contributed by atoms with Crippen molar-refractivity contribution in [3.05, 3.63) is 54.7 Å². The van der Waals surface area contributed by atoms with Gasteiger partial charge in [0.25, 0.3) is 5.56 Å². The Morgan fingerprint density at radius 3 is 2.79 bits per heavy atom. The first-order valence-corrected chi connectivity index (χ1v) is 9.79.